The average molecular weight is 138 g/mol. The Bertz CT molecular complexity index is 129. The molecule has 0 aliphatic carbocycles. The summed E-state index contributed by atoms with van der Waals surface area (Å²) in [7, 11) is 0. The van der Waals surface area contributed by atoms with Crippen LogP contribution in [0.25, 0.3) is 0 Å². The van der Waals surface area contributed by atoms with Crippen LogP contribution in [0.3, 0.4) is 0 Å². The summed E-state index contributed by atoms with van der Waals surface area (Å²) in [5, 5.41) is 0. The predicted molar refractivity (Wildman–Crippen MR) is 48.8 cm³/mol. The molecule has 0 nitrogen and oxygen atoms in total. The minimum absolute atomic E-state index is 0.583. The first-order valence-electron chi connectivity index (χ1n) is 4.46. The fourth-order valence-electron chi connectivity index (χ4n) is 2.25. The third-order valence-electron chi connectivity index (χ3n) is 4.02. The maximum absolute atomic E-state index is 2.41. The van der Waals surface area contributed by atoms with Crippen molar-refractivity contribution in [2.45, 2.75) is 46.7 Å². The summed E-state index contributed by atoms with van der Waals surface area (Å²) in [4.78, 5) is 0. The summed E-state index contributed by atoms with van der Waals surface area (Å²) in [6, 6.07) is 0. The van der Waals surface area contributed by atoms with Crippen molar-refractivity contribution in [1.82, 2.24) is 0 Å². The Morgan fingerprint density at radius 2 is 1.80 bits per heavy atom. The summed E-state index contributed by atoms with van der Waals surface area (Å²) >= 11 is 0. The molecule has 2 unspecified atom stereocenters. The maximum Gasteiger partial charge on any atom is 0.140 e. The van der Waals surface area contributed by atoms with Crippen LogP contribution in [0.2, 0.25) is 19.0 Å². The van der Waals surface area contributed by atoms with Crippen molar-refractivity contribution in [2.75, 3.05) is 0 Å². The van der Waals surface area contributed by atoms with Gasteiger partial charge in [-0.1, -0.05) is 46.7 Å². The standard InChI is InChI=1S/C9H19B/c1-7-6-10(5)8(2)9(7,3)4/h7-8H,6H2,1-5H3. The Hall–Kier alpha value is 0.0649. The van der Waals surface area contributed by atoms with E-state index in [4.69, 9.17) is 0 Å². The number of hydrogen-bond acceptors (Lipinski definition) is 0. The van der Waals surface area contributed by atoms with E-state index in [0.717, 1.165) is 18.4 Å². The molecule has 0 aromatic carbocycles. The molecule has 1 heterocycles. The normalized spacial score (nSPS) is 38.7. The smallest absolute Gasteiger partial charge is 0.0858 e. The lowest BCUT2D eigenvalue weighted by Crippen LogP contribution is -2.20. The topological polar surface area (TPSA) is 0 Å². The van der Waals surface area contributed by atoms with Crippen molar-refractivity contribution >= 4 is 6.71 Å². The monoisotopic (exact) mass is 138 g/mol. The van der Waals surface area contributed by atoms with Gasteiger partial charge in [0.25, 0.3) is 0 Å². The zero-order valence-corrected chi connectivity index (χ0v) is 7.94. The van der Waals surface area contributed by atoms with E-state index in [9.17, 15) is 0 Å². The zero-order chi connectivity index (χ0) is 7.94. The molecule has 0 bridgehead atoms. The van der Waals surface area contributed by atoms with Crippen LogP contribution in [0.1, 0.15) is 27.7 Å². The average Bonchev–Trinajstić information content (AvgIpc) is 1.97. The zero-order valence-electron chi connectivity index (χ0n) is 7.94. The quantitative estimate of drug-likeness (QED) is 0.451. The van der Waals surface area contributed by atoms with E-state index in [-0.39, 0.29) is 0 Å². The molecule has 1 aliphatic rings. The summed E-state index contributed by atoms with van der Waals surface area (Å²) in [5.74, 6) is 1.82. The predicted octanol–water partition coefficient (Wildman–Crippen LogP) is 3.18. The Balaban J connectivity index is 2.75. The summed E-state index contributed by atoms with van der Waals surface area (Å²) in [6.07, 6.45) is 1.42. The van der Waals surface area contributed by atoms with E-state index >= 15 is 0 Å². The van der Waals surface area contributed by atoms with Gasteiger partial charge < -0.3 is 0 Å². The van der Waals surface area contributed by atoms with Crippen LogP contribution in [0.15, 0.2) is 0 Å². The second-order valence-corrected chi connectivity index (χ2v) is 4.72. The molecular weight excluding hydrogens is 119 g/mol. The van der Waals surface area contributed by atoms with Gasteiger partial charge in [-0.3, -0.25) is 0 Å². The van der Waals surface area contributed by atoms with Crippen LogP contribution in [0.5, 0.6) is 0 Å². The van der Waals surface area contributed by atoms with Crippen LogP contribution in [-0.4, -0.2) is 6.71 Å². The molecule has 0 amide bonds. The minimum atomic E-state index is 0.583. The lowest BCUT2D eigenvalue weighted by atomic mass is 9.43. The fourth-order valence-corrected chi connectivity index (χ4v) is 2.25. The van der Waals surface area contributed by atoms with Gasteiger partial charge in [-0.15, -0.1) is 0 Å². The second kappa shape index (κ2) is 2.28. The third-order valence-corrected chi connectivity index (χ3v) is 4.02. The highest BCUT2D eigenvalue weighted by molar-refractivity contribution is 6.60. The van der Waals surface area contributed by atoms with Gasteiger partial charge in [0, 0.05) is 0 Å². The SMILES string of the molecule is CB1CC(C)C(C)(C)C1C. The van der Waals surface area contributed by atoms with Crippen LogP contribution < -0.4 is 0 Å². The number of rotatable bonds is 0. The Morgan fingerprint density at radius 3 is 1.90 bits per heavy atom. The molecule has 0 saturated carbocycles. The largest absolute Gasteiger partial charge is 0.140 e. The van der Waals surface area contributed by atoms with Gasteiger partial charge in [0.2, 0.25) is 0 Å². The maximum atomic E-state index is 2.41. The first kappa shape index (κ1) is 8.16. The van der Waals surface area contributed by atoms with E-state index in [1.54, 1.807) is 0 Å². The molecule has 1 saturated heterocycles. The highest BCUT2D eigenvalue weighted by atomic mass is 14.4. The van der Waals surface area contributed by atoms with E-state index in [1.165, 1.54) is 6.32 Å². The second-order valence-electron chi connectivity index (χ2n) is 4.72. The summed E-state index contributed by atoms with van der Waals surface area (Å²) in [5.41, 5.74) is 0.583. The van der Waals surface area contributed by atoms with Crippen LogP contribution >= 0.6 is 0 Å². The molecule has 1 aliphatic heterocycles. The van der Waals surface area contributed by atoms with Gasteiger partial charge in [-0.25, -0.2) is 0 Å². The molecule has 1 heteroatoms. The van der Waals surface area contributed by atoms with Crippen LogP contribution in [-0.2, 0) is 0 Å². The van der Waals surface area contributed by atoms with Crippen molar-refractivity contribution in [1.29, 1.82) is 0 Å². The van der Waals surface area contributed by atoms with Gasteiger partial charge in [0.1, 0.15) is 6.71 Å². The van der Waals surface area contributed by atoms with Crippen molar-refractivity contribution in [3.63, 3.8) is 0 Å². The Labute approximate surface area is 65.5 Å². The lowest BCUT2D eigenvalue weighted by molar-refractivity contribution is 0.265. The van der Waals surface area contributed by atoms with E-state index in [1.807, 2.05) is 0 Å². The highest BCUT2D eigenvalue weighted by Crippen LogP contribution is 2.50. The van der Waals surface area contributed by atoms with Gasteiger partial charge in [0.05, 0.1) is 0 Å². The molecule has 10 heavy (non-hydrogen) atoms. The summed E-state index contributed by atoms with van der Waals surface area (Å²) in [6.45, 7) is 12.9. The number of hydrogen-bond donors (Lipinski definition) is 0. The van der Waals surface area contributed by atoms with Gasteiger partial charge >= 0.3 is 0 Å². The van der Waals surface area contributed by atoms with Crippen LogP contribution in [0, 0.1) is 11.3 Å². The van der Waals surface area contributed by atoms with Gasteiger partial charge in [-0.2, -0.15) is 0 Å². The van der Waals surface area contributed by atoms with Crippen LogP contribution in [0.4, 0.5) is 0 Å². The Kier molecular flexibility index (Phi) is 1.87. The molecule has 2 atom stereocenters. The van der Waals surface area contributed by atoms with Crippen molar-refractivity contribution in [2.24, 2.45) is 11.3 Å². The van der Waals surface area contributed by atoms with E-state index in [2.05, 4.69) is 34.5 Å². The highest BCUT2D eigenvalue weighted by Gasteiger charge is 2.43. The Morgan fingerprint density at radius 1 is 1.30 bits per heavy atom. The first-order chi connectivity index (χ1) is 4.46. The lowest BCUT2D eigenvalue weighted by Gasteiger charge is -2.29. The van der Waals surface area contributed by atoms with Crippen molar-refractivity contribution < 1.29 is 0 Å². The van der Waals surface area contributed by atoms with E-state index < -0.39 is 0 Å². The van der Waals surface area contributed by atoms with Crippen molar-refractivity contribution in [3.8, 4) is 0 Å². The van der Waals surface area contributed by atoms with Gasteiger partial charge in [-0.05, 0) is 11.3 Å². The van der Waals surface area contributed by atoms with Crippen molar-refractivity contribution in [3.05, 3.63) is 0 Å². The molecule has 0 radical (unpaired) electrons. The molecular formula is C9H19B. The molecule has 1 fully saturated rings. The minimum Gasteiger partial charge on any atom is -0.0858 e. The third kappa shape index (κ3) is 1.000. The van der Waals surface area contributed by atoms with Gasteiger partial charge in [0.15, 0.2) is 0 Å². The summed E-state index contributed by atoms with van der Waals surface area (Å²) < 4.78 is 0. The molecule has 58 valence electrons. The molecule has 0 spiro atoms. The fraction of sp³-hybridized carbons (Fsp3) is 1.00. The van der Waals surface area contributed by atoms with E-state index in [0.29, 0.717) is 5.41 Å². The molecule has 0 aromatic rings. The molecule has 0 N–H and O–H groups in total. The molecule has 1 rings (SSSR count). The molecule has 0 aromatic heterocycles. The first-order valence-corrected chi connectivity index (χ1v) is 4.46.